The van der Waals surface area contributed by atoms with Crippen molar-refractivity contribution in [3.05, 3.63) is 54.6 Å². The first-order valence-corrected chi connectivity index (χ1v) is 6.68. The molecule has 0 unspecified atom stereocenters. The van der Waals surface area contributed by atoms with Crippen LogP contribution in [-0.2, 0) is 6.54 Å². The van der Waals surface area contributed by atoms with Gasteiger partial charge in [0.05, 0.1) is 5.69 Å². The van der Waals surface area contributed by atoms with Crippen LogP contribution >= 0.6 is 0 Å². The quantitative estimate of drug-likeness (QED) is 0.902. The van der Waals surface area contributed by atoms with E-state index in [-0.39, 0.29) is 6.10 Å². The Morgan fingerprint density at radius 1 is 1.20 bits per heavy atom. The number of para-hydroxylation sites is 1. The molecule has 0 radical (unpaired) electrons. The van der Waals surface area contributed by atoms with Crippen molar-refractivity contribution in [1.29, 1.82) is 0 Å². The van der Waals surface area contributed by atoms with Gasteiger partial charge < -0.3 is 9.84 Å². The maximum absolute atomic E-state index is 10.1. The highest BCUT2D eigenvalue weighted by Gasteiger charge is 2.33. The van der Waals surface area contributed by atoms with E-state index in [0.29, 0.717) is 19.6 Å². The standard InChI is InChI=1S/C15H17N3O2/c19-14-10-18(9-12-8-16-6-7-17-12)11-15(14)20-13-4-2-1-3-5-13/h1-8,14-15,19H,9-11H2/t14-,15-/m1/s1. The summed E-state index contributed by atoms with van der Waals surface area (Å²) in [6.45, 7) is 1.96. The molecule has 2 aromatic rings. The predicted molar refractivity (Wildman–Crippen MR) is 74.2 cm³/mol. The fraction of sp³-hybridized carbons (Fsp3) is 0.333. The molecule has 0 amide bonds. The van der Waals surface area contributed by atoms with E-state index < -0.39 is 6.10 Å². The van der Waals surface area contributed by atoms with Crippen molar-refractivity contribution in [3.8, 4) is 5.75 Å². The average molecular weight is 271 g/mol. The highest BCUT2D eigenvalue weighted by molar-refractivity contribution is 5.21. The van der Waals surface area contributed by atoms with Gasteiger partial charge in [-0.3, -0.25) is 14.9 Å². The number of aromatic nitrogens is 2. The molecule has 3 rings (SSSR count). The molecule has 1 aliphatic rings. The molecule has 1 saturated heterocycles. The number of aliphatic hydroxyl groups excluding tert-OH is 1. The van der Waals surface area contributed by atoms with Crippen molar-refractivity contribution in [2.45, 2.75) is 18.8 Å². The van der Waals surface area contributed by atoms with Crippen molar-refractivity contribution in [2.75, 3.05) is 13.1 Å². The number of hydrogen-bond acceptors (Lipinski definition) is 5. The molecule has 104 valence electrons. The molecule has 0 saturated carbocycles. The molecule has 20 heavy (non-hydrogen) atoms. The van der Waals surface area contributed by atoms with Crippen molar-refractivity contribution in [1.82, 2.24) is 14.9 Å². The normalized spacial score (nSPS) is 22.9. The van der Waals surface area contributed by atoms with Gasteiger partial charge in [-0.15, -0.1) is 0 Å². The number of hydrogen-bond donors (Lipinski definition) is 1. The topological polar surface area (TPSA) is 58.5 Å². The molecule has 0 aliphatic carbocycles. The molecule has 5 nitrogen and oxygen atoms in total. The summed E-state index contributed by atoms with van der Waals surface area (Å²) < 4.78 is 5.83. The van der Waals surface area contributed by atoms with Crippen LogP contribution in [-0.4, -0.2) is 45.3 Å². The molecular weight excluding hydrogens is 254 g/mol. The second-order valence-electron chi connectivity index (χ2n) is 4.93. The summed E-state index contributed by atoms with van der Waals surface area (Å²) in [4.78, 5) is 10.4. The Morgan fingerprint density at radius 2 is 2.05 bits per heavy atom. The van der Waals surface area contributed by atoms with Crippen LogP contribution < -0.4 is 4.74 Å². The van der Waals surface area contributed by atoms with Crippen LogP contribution in [0.4, 0.5) is 0 Å². The third-order valence-corrected chi connectivity index (χ3v) is 3.35. The molecule has 5 heteroatoms. The van der Waals surface area contributed by atoms with Gasteiger partial charge in [0.1, 0.15) is 18.0 Å². The molecular formula is C15H17N3O2. The number of nitrogens with zero attached hydrogens (tertiary/aromatic N) is 3. The van der Waals surface area contributed by atoms with Crippen LogP contribution in [0, 0.1) is 0 Å². The maximum Gasteiger partial charge on any atom is 0.138 e. The Bertz CT molecular complexity index is 535. The zero-order chi connectivity index (χ0) is 13.8. The van der Waals surface area contributed by atoms with E-state index in [1.54, 1.807) is 18.6 Å². The summed E-state index contributed by atoms with van der Waals surface area (Å²) in [6, 6.07) is 9.59. The van der Waals surface area contributed by atoms with E-state index >= 15 is 0 Å². The summed E-state index contributed by atoms with van der Waals surface area (Å²) in [5, 5.41) is 10.1. The van der Waals surface area contributed by atoms with Crippen molar-refractivity contribution in [2.24, 2.45) is 0 Å². The largest absolute Gasteiger partial charge is 0.486 e. The summed E-state index contributed by atoms with van der Waals surface area (Å²) >= 11 is 0. The van der Waals surface area contributed by atoms with Crippen molar-refractivity contribution >= 4 is 0 Å². The minimum atomic E-state index is -0.480. The highest BCUT2D eigenvalue weighted by atomic mass is 16.5. The van der Waals surface area contributed by atoms with Crippen molar-refractivity contribution in [3.63, 3.8) is 0 Å². The number of β-amino-alcohol motifs (C(OH)–C–C–N with tert-alkyl or cyclic N) is 1. The number of ether oxygens (including phenoxy) is 1. The molecule has 2 heterocycles. The van der Waals surface area contributed by atoms with Crippen LogP contribution in [0.2, 0.25) is 0 Å². The molecule has 2 atom stereocenters. The van der Waals surface area contributed by atoms with E-state index in [9.17, 15) is 5.11 Å². The van der Waals surface area contributed by atoms with Crippen LogP contribution in [0.25, 0.3) is 0 Å². The maximum atomic E-state index is 10.1. The lowest BCUT2D eigenvalue weighted by Crippen LogP contribution is -2.29. The first kappa shape index (κ1) is 13.0. The summed E-state index contributed by atoms with van der Waals surface area (Å²) in [6.07, 6.45) is 4.40. The second kappa shape index (κ2) is 5.98. The Hall–Kier alpha value is -1.98. The van der Waals surface area contributed by atoms with Crippen molar-refractivity contribution < 1.29 is 9.84 Å². The van der Waals surface area contributed by atoms with Gasteiger partial charge in [-0.05, 0) is 12.1 Å². The lowest BCUT2D eigenvalue weighted by atomic mass is 10.2. The Balaban J connectivity index is 1.59. The second-order valence-corrected chi connectivity index (χ2v) is 4.93. The number of aliphatic hydroxyl groups is 1. The molecule has 1 fully saturated rings. The van der Waals surface area contributed by atoms with Crippen LogP contribution in [0.1, 0.15) is 5.69 Å². The lowest BCUT2D eigenvalue weighted by Gasteiger charge is -2.16. The Kier molecular flexibility index (Phi) is 3.90. The molecule has 1 aromatic carbocycles. The minimum Gasteiger partial charge on any atom is -0.486 e. The minimum absolute atomic E-state index is 0.200. The molecule has 1 aliphatic heterocycles. The van der Waals surface area contributed by atoms with Gasteiger partial charge in [0, 0.05) is 38.2 Å². The SMILES string of the molecule is O[C@@H]1CN(Cc2cnccn2)C[C@H]1Oc1ccccc1. The monoisotopic (exact) mass is 271 g/mol. The van der Waals surface area contributed by atoms with Gasteiger partial charge >= 0.3 is 0 Å². The third kappa shape index (κ3) is 3.12. The Labute approximate surface area is 117 Å². The zero-order valence-corrected chi connectivity index (χ0v) is 11.1. The molecule has 1 N–H and O–H groups in total. The van der Waals surface area contributed by atoms with Gasteiger partial charge in [0.15, 0.2) is 0 Å². The van der Waals surface area contributed by atoms with Gasteiger partial charge in [-0.2, -0.15) is 0 Å². The summed E-state index contributed by atoms with van der Waals surface area (Å²) in [5.41, 5.74) is 0.903. The van der Waals surface area contributed by atoms with E-state index in [0.717, 1.165) is 11.4 Å². The Morgan fingerprint density at radius 3 is 2.80 bits per heavy atom. The predicted octanol–water partition coefficient (Wildman–Crippen LogP) is 1.10. The smallest absolute Gasteiger partial charge is 0.138 e. The average Bonchev–Trinajstić information content (AvgIpc) is 2.81. The molecule has 0 spiro atoms. The lowest BCUT2D eigenvalue weighted by molar-refractivity contribution is 0.0737. The van der Waals surface area contributed by atoms with E-state index in [1.807, 2.05) is 30.3 Å². The van der Waals surface area contributed by atoms with Crippen LogP contribution in [0.5, 0.6) is 5.75 Å². The fourth-order valence-corrected chi connectivity index (χ4v) is 2.39. The first-order valence-electron chi connectivity index (χ1n) is 6.68. The van der Waals surface area contributed by atoms with Crippen LogP contribution in [0.3, 0.4) is 0 Å². The zero-order valence-electron chi connectivity index (χ0n) is 11.1. The van der Waals surface area contributed by atoms with Gasteiger partial charge in [0.2, 0.25) is 0 Å². The summed E-state index contributed by atoms with van der Waals surface area (Å²) in [5.74, 6) is 0.790. The number of benzene rings is 1. The first-order chi connectivity index (χ1) is 9.81. The van der Waals surface area contributed by atoms with Gasteiger partial charge in [-0.1, -0.05) is 18.2 Å². The molecule has 1 aromatic heterocycles. The van der Waals surface area contributed by atoms with E-state index in [1.165, 1.54) is 0 Å². The highest BCUT2D eigenvalue weighted by Crippen LogP contribution is 2.19. The molecule has 0 bridgehead atoms. The van der Waals surface area contributed by atoms with Crippen LogP contribution in [0.15, 0.2) is 48.9 Å². The number of rotatable bonds is 4. The number of likely N-dealkylation sites (tertiary alicyclic amines) is 1. The van der Waals surface area contributed by atoms with E-state index in [2.05, 4.69) is 14.9 Å². The van der Waals surface area contributed by atoms with Gasteiger partial charge in [-0.25, -0.2) is 0 Å². The summed E-state index contributed by atoms with van der Waals surface area (Å²) in [7, 11) is 0. The third-order valence-electron chi connectivity index (χ3n) is 3.35. The van der Waals surface area contributed by atoms with Gasteiger partial charge in [0.25, 0.3) is 0 Å². The fourth-order valence-electron chi connectivity index (χ4n) is 2.39. The van der Waals surface area contributed by atoms with E-state index in [4.69, 9.17) is 4.74 Å².